The molecule has 0 N–H and O–H groups in total. The van der Waals surface area contributed by atoms with Crippen LogP contribution in [-0.2, 0) is 0 Å². The maximum atomic E-state index is 11.5. The number of thiol groups is 2. The van der Waals surface area contributed by atoms with Gasteiger partial charge in [0.25, 0.3) is 0 Å². The van der Waals surface area contributed by atoms with Crippen molar-refractivity contribution < 1.29 is 9.53 Å². The largest absolute Gasteiger partial charge is 0.416 e. The number of benzene rings is 1. The number of carbonyl (C=O) groups is 1. The van der Waals surface area contributed by atoms with Crippen molar-refractivity contribution in [2.75, 3.05) is 11.8 Å². The summed E-state index contributed by atoms with van der Waals surface area (Å²) < 4.78 is 5.04. The molecule has 0 saturated heterocycles. The van der Waals surface area contributed by atoms with Gasteiger partial charge in [0.2, 0.25) is 0 Å². The van der Waals surface area contributed by atoms with E-state index >= 15 is 0 Å². The normalized spacial score (nSPS) is 10.0. The molecule has 1 aromatic rings. The Morgan fingerprint density at radius 2 is 1.88 bits per heavy atom. The summed E-state index contributed by atoms with van der Waals surface area (Å²) in [6, 6.07) is 4.58. The lowest BCUT2D eigenvalue weighted by Crippen LogP contribution is -2.31. The summed E-state index contributed by atoms with van der Waals surface area (Å²) >= 11 is 19.4. The smallest absolute Gasteiger partial charge is 0.410 e. The van der Waals surface area contributed by atoms with Crippen molar-refractivity contribution in [1.82, 2.24) is 4.90 Å². The fourth-order valence-electron chi connectivity index (χ4n) is 0.866. The van der Waals surface area contributed by atoms with Crippen LogP contribution in [0.4, 0.5) is 4.79 Å². The zero-order valence-corrected chi connectivity index (χ0v) is 11.4. The van der Waals surface area contributed by atoms with Crippen molar-refractivity contribution in [2.24, 2.45) is 0 Å². The second kappa shape index (κ2) is 6.49. The molecular formula is C9H9Cl2NO2S2. The first-order chi connectivity index (χ1) is 7.58. The van der Waals surface area contributed by atoms with Gasteiger partial charge in [0.1, 0.15) is 5.75 Å². The molecule has 0 bridgehead atoms. The molecule has 0 aromatic heterocycles. The van der Waals surface area contributed by atoms with Gasteiger partial charge < -0.3 is 4.74 Å². The van der Waals surface area contributed by atoms with Crippen LogP contribution < -0.4 is 4.74 Å². The third kappa shape index (κ3) is 3.66. The number of carbonyl (C=O) groups excluding carboxylic acids is 1. The van der Waals surface area contributed by atoms with Gasteiger partial charge in [-0.1, -0.05) is 23.2 Å². The monoisotopic (exact) mass is 297 g/mol. The molecule has 0 aliphatic carbocycles. The fourth-order valence-corrected chi connectivity index (χ4v) is 1.74. The van der Waals surface area contributed by atoms with E-state index in [-0.39, 0.29) is 11.8 Å². The number of nitrogens with zero attached hydrogens (tertiary/aromatic N) is 1. The van der Waals surface area contributed by atoms with Gasteiger partial charge in [-0.3, -0.25) is 4.90 Å². The number of hydrogen-bond acceptors (Lipinski definition) is 4. The van der Waals surface area contributed by atoms with Crippen molar-refractivity contribution >= 4 is 54.6 Å². The molecule has 0 fully saturated rings. The molecule has 1 aromatic carbocycles. The van der Waals surface area contributed by atoms with Crippen LogP contribution in [0.25, 0.3) is 0 Å². The van der Waals surface area contributed by atoms with Gasteiger partial charge in [0.15, 0.2) is 0 Å². The summed E-state index contributed by atoms with van der Waals surface area (Å²) in [6.07, 6.45) is -0.539. The molecule has 0 aliphatic rings. The lowest BCUT2D eigenvalue weighted by atomic mass is 10.3. The van der Waals surface area contributed by atoms with E-state index in [9.17, 15) is 4.79 Å². The molecule has 0 unspecified atom stereocenters. The first-order valence-corrected chi connectivity index (χ1v) is 6.24. The third-order valence-corrected chi connectivity index (χ3v) is 3.12. The molecule has 0 spiro atoms. The summed E-state index contributed by atoms with van der Waals surface area (Å²) in [6.45, 7) is 0. The first-order valence-electron chi connectivity index (χ1n) is 4.22. The average molecular weight is 298 g/mol. The highest BCUT2D eigenvalue weighted by Crippen LogP contribution is 2.26. The van der Waals surface area contributed by atoms with Gasteiger partial charge in [-0.15, -0.1) is 0 Å². The van der Waals surface area contributed by atoms with Crippen LogP contribution in [-0.4, -0.2) is 22.7 Å². The van der Waals surface area contributed by atoms with Crippen LogP contribution in [0.2, 0.25) is 10.0 Å². The lowest BCUT2D eigenvalue weighted by molar-refractivity contribution is 0.168. The van der Waals surface area contributed by atoms with E-state index in [1.807, 2.05) is 0 Å². The highest BCUT2D eigenvalue weighted by atomic mass is 35.5. The molecule has 0 radical (unpaired) electrons. The minimum Gasteiger partial charge on any atom is -0.410 e. The van der Waals surface area contributed by atoms with Gasteiger partial charge >= 0.3 is 6.09 Å². The molecule has 7 heteroatoms. The molecule has 3 nitrogen and oxygen atoms in total. The van der Waals surface area contributed by atoms with E-state index in [2.05, 4.69) is 25.3 Å². The number of amides is 1. The maximum Gasteiger partial charge on any atom is 0.416 e. The van der Waals surface area contributed by atoms with Crippen LogP contribution in [0.15, 0.2) is 18.2 Å². The Kier molecular flexibility index (Phi) is 5.61. The van der Waals surface area contributed by atoms with Crippen LogP contribution in [0.1, 0.15) is 0 Å². The predicted octanol–water partition coefficient (Wildman–Crippen LogP) is 3.57. The minimum atomic E-state index is -0.539. The molecule has 88 valence electrons. The zero-order chi connectivity index (χ0) is 12.1. The van der Waals surface area contributed by atoms with E-state index in [4.69, 9.17) is 27.9 Å². The predicted molar refractivity (Wildman–Crippen MR) is 72.0 cm³/mol. The molecule has 0 saturated carbocycles. The van der Waals surface area contributed by atoms with Gasteiger partial charge in [-0.25, -0.2) is 4.79 Å². The average Bonchev–Trinajstić information content (AvgIpc) is 2.25. The summed E-state index contributed by atoms with van der Waals surface area (Å²) in [5.74, 6) is 0.779. The zero-order valence-electron chi connectivity index (χ0n) is 8.06. The Bertz CT molecular complexity index is 386. The SMILES string of the molecule is O=C(Oc1ccc(Cl)c(Cl)c1)N(CS)CS. The molecular weight excluding hydrogens is 289 g/mol. The summed E-state index contributed by atoms with van der Waals surface area (Å²) in [7, 11) is 0. The van der Waals surface area contributed by atoms with E-state index in [0.717, 1.165) is 0 Å². The third-order valence-electron chi connectivity index (χ3n) is 1.70. The Hall–Kier alpha value is -0.230. The van der Waals surface area contributed by atoms with Crippen LogP contribution in [0, 0.1) is 0 Å². The van der Waals surface area contributed by atoms with E-state index in [0.29, 0.717) is 15.8 Å². The second-order valence-corrected chi connectivity index (χ2v) is 4.15. The Labute approximate surface area is 114 Å². The maximum absolute atomic E-state index is 11.5. The van der Waals surface area contributed by atoms with Gasteiger partial charge in [-0.2, -0.15) is 25.3 Å². The van der Waals surface area contributed by atoms with Gasteiger partial charge in [-0.05, 0) is 12.1 Å². The quantitative estimate of drug-likeness (QED) is 0.660. The summed E-state index contributed by atoms with van der Waals surface area (Å²) in [5.41, 5.74) is 0. The van der Waals surface area contributed by atoms with Crippen molar-refractivity contribution in [2.45, 2.75) is 0 Å². The highest BCUT2D eigenvalue weighted by molar-refractivity contribution is 7.81. The van der Waals surface area contributed by atoms with Crippen LogP contribution in [0.5, 0.6) is 5.75 Å². The molecule has 16 heavy (non-hydrogen) atoms. The Morgan fingerprint density at radius 3 is 2.38 bits per heavy atom. The molecule has 1 rings (SSSR count). The van der Waals surface area contributed by atoms with E-state index in [1.54, 1.807) is 12.1 Å². The molecule has 0 aliphatic heterocycles. The minimum absolute atomic E-state index is 0.226. The number of ether oxygens (including phenoxy) is 1. The lowest BCUT2D eigenvalue weighted by Gasteiger charge is -2.16. The molecule has 0 heterocycles. The van der Waals surface area contributed by atoms with Crippen molar-refractivity contribution in [3.05, 3.63) is 28.2 Å². The Balaban J connectivity index is 2.73. The second-order valence-electron chi connectivity index (χ2n) is 2.77. The van der Waals surface area contributed by atoms with Gasteiger partial charge in [0.05, 0.1) is 21.8 Å². The topological polar surface area (TPSA) is 29.5 Å². The van der Waals surface area contributed by atoms with E-state index < -0.39 is 6.09 Å². The first kappa shape index (κ1) is 13.8. The van der Waals surface area contributed by atoms with Gasteiger partial charge in [0, 0.05) is 6.07 Å². The van der Waals surface area contributed by atoms with Crippen molar-refractivity contribution in [1.29, 1.82) is 0 Å². The van der Waals surface area contributed by atoms with Crippen LogP contribution in [0.3, 0.4) is 0 Å². The Morgan fingerprint density at radius 1 is 1.25 bits per heavy atom. The number of halogens is 2. The number of hydrogen-bond donors (Lipinski definition) is 2. The van der Waals surface area contributed by atoms with E-state index in [1.165, 1.54) is 11.0 Å². The van der Waals surface area contributed by atoms with Crippen molar-refractivity contribution in [3.8, 4) is 5.75 Å². The summed E-state index contributed by atoms with van der Waals surface area (Å²) in [4.78, 5) is 12.8. The number of rotatable bonds is 3. The van der Waals surface area contributed by atoms with Crippen molar-refractivity contribution in [3.63, 3.8) is 0 Å². The summed E-state index contributed by atoms with van der Waals surface area (Å²) in [5, 5.41) is 0.733. The standard InChI is InChI=1S/C9H9Cl2NO2S2/c10-7-2-1-6(3-8(7)11)14-9(13)12(4-15)5-16/h1-3,15-16H,4-5H2. The fraction of sp³-hybridized carbons (Fsp3) is 0.222. The highest BCUT2D eigenvalue weighted by Gasteiger charge is 2.13. The molecule has 0 atom stereocenters. The van der Waals surface area contributed by atoms with Crippen LogP contribution >= 0.6 is 48.5 Å². The molecule has 1 amide bonds.